The molecule has 0 fully saturated rings. The van der Waals surface area contributed by atoms with Crippen molar-refractivity contribution < 1.29 is 14.3 Å². The summed E-state index contributed by atoms with van der Waals surface area (Å²) in [5.74, 6) is 0.581. The maximum atomic E-state index is 11.6. The van der Waals surface area contributed by atoms with Crippen LogP contribution in [0.3, 0.4) is 0 Å². The molecule has 2 aromatic rings. The van der Waals surface area contributed by atoms with Crippen LogP contribution in [0, 0.1) is 0 Å². The van der Waals surface area contributed by atoms with Gasteiger partial charge in [-0.2, -0.15) is 0 Å². The third kappa shape index (κ3) is 2.73. The highest BCUT2D eigenvalue weighted by Gasteiger charge is 2.05. The molecule has 0 aliphatic carbocycles. The van der Waals surface area contributed by atoms with Crippen molar-refractivity contribution >= 4 is 5.91 Å². The number of nitrogens with one attached hydrogen (secondary N) is 1. The number of carbonyl (C=O) groups excluding carboxylic acids is 1. The first kappa shape index (κ1) is 11.4. The van der Waals surface area contributed by atoms with Gasteiger partial charge in [0.15, 0.2) is 0 Å². The first-order chi connectivity index (χ1) is 8.31. The van der Waals surface area contributed by atoms with Gasteiger partial charge >= 0.3 is 0 Å². The average Bonchev–Trinajstić information content (AvgIpc) is 2.90. The highest BCUT2D eigenvalue weighted by molar-refractivity contribution is 5.94. The van der Waals surface area contributed by atoms with Crippen LogP contribution in [0.5, 0.6) is 0 Å². The minimum Gasteiger partial charge on any atom is -0.464 e. The van der Waals surface area contributed by atoms with Gasteiger partial charge < -0.3 is 14.8 Å². The molecule has 4 nitrogen and oxygen atoms in total. The second-order valence-electron chi connectivity index (χ2n) is 3.53. The van der Waals surface area contributed by atoms with Crippen LogP contribution >= 0.6 is 0 Å². The van der Waals surface area contributed by atoms with Gasteiger partial charge in [0.1, 0.15) is 5.76 Å². The molecule has 0 unspecified atom stereocenters. The van der Waals surface area contributed by atoms with Crippen LogP contribution in [-0.2, 0) is 0 Å². The third-order valence-corrected chi connectivity index (χ3v) is 2.35. The molecule has 1 aromatic carbocycles. The summed E-state index contributed by atoms with van der Waals surface area (Å²) >= 11 is 0. The zero-order chi connectivity index (χ0) is 12.1. The fourth-order valence-electron chi connectivity index (χ4n) is 1.50. The summed E-state index contributed by atoms with van der Waals surface area (Å²) in [6.07, 6.45) is 1.61. The molecule has 0 aliphatic heterocycles. The van der Waals surface area contributed by atoms with Crippen LogP contribution < -0.4 is 5.32 Å². The van der Waals surface area contributed by atoms with E-state index < -0.39 is 0 Å². The van der Waals surface area contributed by atoms with Crippen molar-refractivity contribution in [3.05, 3.63) is 48.2 Å². The number of furan rings is 1. The molecule has 0 radical (unpaired) electrons. The van der Waals surface area contributed by atoms with Crippen molar-refractivity contribution in [1.82, 2.24) is 5.32 Å². The highest BCUT2D eigenvalue weighted by atomic mass is 16.3. The van der Waals surface area contributed by atoms with Gasteiger partial charge in [0.25, 0.3) is 5.91 Å². The number of hydrogen-bond donors (Lipinski definition) is 2. The van der Waals surface area contributed by atoms with Crippen LogP contribution in [0.15, 0.2) is 47.1 Å². The number of rotatable bonds is 4. The second-order valence-corrected chi connectivity index (χ2v) is 3.53. The lowest BCUT2D eigenvalue weighted by Crippen LogP contribution is -2.26. The Kier molecular flexibility index (Phi) is 3.57. The van der Waals surface area contributed by atoms with Gasteiger partial charge in [-0.05, 0) is 24.3 Å². The van der Waals surface area contributed by atoms with Gasteiger partial charge in [-0.1, -0.05) is 12.1 Å². The van der Waals surface area contributed by atoms with E-state index in [1.165, 1.54) is 0 Å². The van der Waals surface area contributed by atoms with Crippen molar-refractivity contribution in [2.75, 3.05) is 13.2 Å². The number of carbonyl (C=O) groups is 1. The standard InChI is InChI=1S/C13H13NO3/c15-8-7-14-13(16)11-5-3-10(4-6-11)12-2-1-9-17-12/h1-6,9,15H,7-8H2,(H,14,16). The Hall–Kier alpha value is -2.07. The fourth-order valence-corrected chi connectivity index (χ4v) is 1.50. The molecule has 0 aliphatic rings. The Bertz CT molecular complexity index is 474. The Labute approximate surface area is 98.9 Å². The Balaban J connectivity index is 2.10. The van der Waals surface area contributed by atoms with Gasteiger partial charge in [0.2, 0.25) is 0 Å². The van der Waals surface area contributed by atoms with E-state index in [1.54, 1.807) is 18.4 Å². The van der Waals surface area contributed by atoms with E-state index in [0.717, 1.165) is 11.3 Å². The minimum atomic E-state index is -0.190. The zero-order valence-corrected chi connectivity index (χ0v) is 9.22. The molecule has 0 atom stereocenters. The first-order valence-corrected chi connectivity index (χ1v) is 5.34. The summed E-state index contributed by atoms with van der Waals surface area (Å²) in [4.78, 5) is 11.6. The van der Waals surface area contributed by atoms with Crippen LogP contribution in [0.25, 0.3) is 11.3 Å². The van der Waals surface area contributed by atoms with Crippen LogP contribution in [0.2, 0.25) is 0 Å². The molecule has 0 spiro atoms. The molecule has 1 heterocycles. The van der Waals surface area contributed by atoms with Crippen LogP contribution in [-0.4, -0.2) is 24.2 Å². The smallest absolute Gasteiger partial charge is 0.251 e. The molecule has 0 saturated heterocycles. The van der Waals surface area contributed by atoms with Crippen molar-refractivity contribution in [3.8, 4) is 11.3 Å². The average molecular weight is 231 g/mol. The van der Waals surface area contributed by atoms with E-state index in [9.17, 15) is 4.79 Å². The quantitative estimate of drug-likeness (QED) is 0.841. The molecule has 4 heteroatoms. The monoisotopic (exact) mass is 231 g/mol. The summed E-state index contributed by atoms with van der Waals surface area (Å²) in [6.45, 7) is 0.203. The lowest BCUT2D eigenvalue weighted by atomic mass is 10.1. The normalized spacial score (nSPS) is 10.2. The van der Waals surface area contributed by atoms with Gasteiger partial charge in [-0.25, -0.2) is 0 Å². The predicted molar refractivity (Wildman–Crippen MR) is 63.6 cm³/mol. The van der Waals surface area contributed by atoms with Gasteiger partial charge in [-0.15, -0.1) is 0 Å². The lowest BCUT2D eigenvalue weighted by molar-refractivity contribution is 0.0945. The topological polar surface area (TPSA) is 62.5 Å². The molecule has 0 bridgehead atoms. The molecule has 2 rings (SSSR count). The molecule has 88 valence electrons. The van der Waals surface area contributed by atoms with Gasteiger partial charge in [0, 0.05) is 17.7 Å². The van der Waals surface area contributed by atoms with Crippen molar-refractivity contribution in [2.24, 2.45) is 0 Å². The summed E-state index contributed by atoms with van der Waals surface area (Å²) in [7, 11) is 0. The fraction of sp³-hybridized carbons (Fsp3) is 0.154. The van der Waals surface area contributed by atoms with E-state index in [4.69, 9.17) is 9.52 Å². The number of amides is 1. The maximum absolute atomic E-state index is 11.6. The number of hydrogen-bond acceptors (Lipinski definition) is 3. The first-order valence-electron chi connectivity index (χ1n) is 5.34. The van der Waals surface area contributed by atoms with Gasteiger partial charge in [-0.3, -0.25) is 4.79 Å². The summed E-state index contributed by atoms with van der Waals surface area (Å²) in [5, 5.41) is 11.2. The zero-order valence-electron chi connectivity index (χ0n) is 9.22. The lowest BCUT2D eigenvalue weighted by Gasteiger charge is -2.03. The number of aliphatic hydroxyl groups is 1. The van der Waals surface area contributed by atoms with E-state index in [-0.39, 0.29) is 19.1 Å². The molecule has 17 heavy (non-hydrogen) atoms. The van der Waals surface area contributed by atoms with Crippen LogP contribution in [0.1, 0.15) is 10.4 Å². The number of benzene rings is 1. The minimum absolute atomic E-state index is 0.0593. The summed E-state index contributed by atoms with van der Waals surface area (Å²) in [6, 6.07) is 10.8. The molecule has 2 N–H and O–H groups in total. The van der Waals surface area contributed by atoms with Gasteiger partial charge in [0.05, 0.1) is 12.9 Å². The van der Waals surface area contributed by atoms with Crippen molar-refractivity contribution in [3.63, 3.8) is 0 Å². The largest absolute Gasteiger partial charge is 0.464 e. The summed E-state index contributed by atoms with van der Waals surface area (Å²) < 4.78 is 5.25. The molecular weight excluding hydrogens is 218 g/mol. The highest BCUT2D eigenvalue weighted by Crippen LogP contribution is 2.19. The van der Waals surface area contributed by atoms with Crippen LogP contribution in [0.4, 0.5) is 0 Å². The Morgan fingerprint density at radius 1 is 1.24 bits per heavy atom. The second kappa shape index (κ2) is 5.32. The molecule has 1 aromatic heterocycles. The maximum Gasteiger partial charge on any atom is 0.251 e. The van der Waals surface area contributed by atoms with E-state index in [2.05, 4.69) is 5.32 Å². The van der Waals surface area contributed by atoms with Crippen molar-refractivity contribution in [2.45, 2.75) is 0 Å². The SMILES string of the molecule is O=C(NCCO)c1ccc(-c2ccco2)cc1. The molecular formula is C13H13NO3. The third-order valence-electron chi connectivity index (χ3n) is 2.35. The molecule has 0 saturated carbocycles. The van der Waals surface area contributed by atoms with E-state index >= 15 is 0 Å². The molecule has 1 amide bonds. The Morgan fingerprint density at radius 2 is 2.00 bits per heavy atom. The van der Waals surface area contributed by atoms with Crippen molar-refractivity contribution in [1.29, 1.82) is 0 Å². The predicted octanol–water partition coefficient (Wildman–Crippen LogP) is 1.67. The van der Waals surface area contributed by atoms with E-state index in [1.807, 2.05) is 24.3 Å². The number of aliphatic hydroxyl groups excluding tert-OH is 1. The van der Waals surface area contributed by atoms with E-state index in [0.29, 0.717) is 5.56 Å². The Morgan fingerprint density at radius 3 is 2.59 bits per heavy atom. The summed E-state index contributed by atoms with van der Waals surface area (Å²) in [5.41, 5.74) is 1.49.